The van der Waals surface area contributed by atoms with Gasteiger partial charge in [-0.05, 0) is 42.3 Å². The Balaban J connectivity index is 2.19. The third-order valence-corrected chi connectivity index (χ3v) is 4.41. The summed E-state index contributed by atoms with van der Waals surface area (Å²) in [6.07, 6.45) is 0.179. The monoisotopic (exact) mass is 361 g/mol. The summed E-state index contributed by atoms with van der Waals surface area (Å²) in [6.45, 7) is 1.90. The predicted octanol–water partition coefficient (Wildman–Crippen LogP) is 3.61. The van der Waals surface area contributed by atoms with E-state index in [-0.39, 0.29) is 24.2 Å². The average molecular weight is 361 g/mol. The first-order chi connectivity index (χ1) is 12.4. The van der Waals surface area contributed by atoms with Crippen molar-refractivity contribution < 1.29 is 23.4 Å². The molecule has 0 heterocycles. The molecule has 0 saturated carbocycles. The first-order valence-electron chi connectivity index (χ1n) is 8.21. The van der Waals surface area contributed by atoms with E-state index in [4.69, 9.17) is 14.2 Å². The molecule has 5 nitrogen and oxygen atoms in total. The van der Waals surface area contributed by atoms with E-state index in [2.05, 4.69) is 0 Å². The maximum atomic E-state index is 13.1. The van der Waals surface area contributed by atoms with E-state index in [0.29, 0.717) is 17.2 Å². The molecule has 0 fully saturated rings. The molecule has 0 aliphatic heterocycles. The number of carbonyl (C=O) groups excluding carboxylic acids is 1. The first kappa shape index (κ1) is 19.6. The van der Waals surface area contributed by atoms with Crippen LogP contribution in [0.4, 0.5) is 4.39 Å². The van der Waals surface area contributed by atoms with Crippen LogP contribution >= 0.6 is 0 Å². The van der Waals surface area contributed by atoms with Gasteiger partial charge < -0.3 is 19.1 Å². The molecule has 0 N–H and O–H groups in total. The van der Waals surface area contributed by atoms with Gasteiger partial charge in [-0.1, -0.05) is 12.1 Å². The number of likely N-dealkylation sites (N-methyl/N-ethyl adjacent to an activating group) is 1. The van der Waals surface area contributed by atoms with Crippen LogP contribution in [0, 0.1) is 5.82 Å². The summed E-state index contributed by atoms with van der Waals surface area (Å²) < 4.78 is 29.0. The van der Waals surface area contributed by atoms with Crippen molar-refractivity contribution in [2.45, 2.75) is 19.4 Å². The zero-order valence-corrected chi connectivity index (χ0v) is 15.7. The molecule has 0 bridgehead atoms. The van der Waals surface area contributed by atoms with Crippen LogP contribution in [0.15, 0.2) is 36.4 Å². The lowest BCUT2D eigenvalue weighted by Gasteiger charge is -2.25. The van der Waals surface area contributed by atoms with Crippen molar-refractivity contribution in [3.05, 3.63) is 53.3 Å². The normalized spacial score (nSPS) is 11.6. The van der Waals surface area contributed by atoms with Crippen LogP contribution in [0.25, 0.3) is 0 Å². The fourth-order valence-corrected chi connectivity index (χ4v) is 2.72. The second kappa shape index (κ2) is 8.56. The highest BCUT2D eigenvalue weighted by Gasteiger charge is 2.20. The molecular formula is C20H24FNO4. The topological polar surface area (TPSA) is 48.0 Å². The lowest BCUT2D eigenvalue weighted by atomic mass is 10.1. The summed E-state index contributed by atoms with van der Waals surface area (Å²) in [6, 6.07) is 9.50. The number of ether oxygens (including phenoxy) is 3. The van der Waals surface area contributed by atoms with Crippen molar-refractivity contribution in [1.29, 1.82) is 0 Å². The third-order valence-electron chi connectivity index (χ3n) is 4.41. The van der Waals surface area contributed by atoms with E-state index in [0.717, 1.165) is 11.1 Å². The molecule has 0 spiro atoms. The second-order valence-corrected chi connectivity index (χ2v) is 5.94. The number of halogens is 1. The fraction of sp³-hybridized carbons (Fsp3) is 0.350. The Bertz CT molecular complexity index is 736. The first-order valence-corrected chi connectivity index (χ1v) is 8.21. The maximum absolute atomic E-state index is 13.1. The molecule has 0 aliphatic rings. The van der Waals surface area contributed by atoms with Gasteiger partial charge in [0, 0.05) is 7.05 Å². The largest absolute Gasteiger partial charge is 0.493 e. The molecule has 6 heteroatoms. The molecule has 2 aromatic carbocycles. The van der Waals surface area contributed by atoms with Crippen LogP contribution in [0.1, 0.15) is 24.1 Å². The van der Waals surface area contributed by atoms with Gasteiger partial charge in [-0.2, -0.15) is 0 Å². The molecule has 1 atom stereocenters. The van der Waals surface area contributed by atoms with E-state index in [1.165, 1.54) is 33.5 Å². The van der Waals surface area contributed by atoms with Gasteiger partial charge in [0.05, 0.1) is 33.8 Å². The Morgan fingerprint density at radius 2 is 1.58 bits per heavy atom. The summed E-state index contributed by atoms with van der Waals surface area (Å²) in [4.78, 5) is 14.3. The molecule has 0 aliphatic carbocycles. The van der Waals surface area contributed by atoms with Gasteiger partial charge in [-0.15, -0.1) is 0 Å². The van der Waals surface area contributed by atoms with Gasteiger partial charge in [-0.3, -0.25) is 4.79 Å². The SMILES string of the molecule is COc1cc(CC(=O)N(C)C(C)c2ccc(F)cc2)cc(OC)c1OC. The van der Waals surface area contributed by atoms with Gasteiger partial charge in [0.15, 0.2) is 11.5 Å². The molecule has 26 heavy (non-hydrogen) atoms. The van der Waals surface area contributed by atoms with Crippen LogP contribution in [0.3, 0.4) is 0 Å². The van der Waals surface area contributed by atoms with E-state index in [9.17, 15) is 9.18 Å². The van der Waals surface area contributed by atoms with Crippen LogP contribution in [0.5, 0.6) is 17.2 Å². The number of hydrogen-bond acceptors (Lipinski definition) is 4. The molecular weight excluding hydrogens is 337 g/mol. The fourth-order valence-electron chi connectivity index (χ4n) is 2.72. The smallest absolute Gasteiger partial charge is 0.227 e. The Hall–Kier alpha value is -2.76. The molecule has 2 rings (SSSR count). The zero-order valence-electron chi connectivity index (χ0n) is 15.7. The molecule has 1 unspecified atom stereocenters. The molecule has 0 aromatic heterocycles. The van der Waals surface area contributed by atoms with Gasteiger partial charge in [0.25, 0.3) is 0 Å². The van der Waals surface area contributed by atoms with Gasteiger partial charge in [0.2, 0.25) is 11.7 Å². The summed E-state index contributed by atoms with van der Waals surface area (Å²) in [5.74, 6) is 1.12. The van der Waals surface area contributed by atoms with Crippen LogP contribution in [0.2, 0.25) is 0 Å². The van der Waals surface area contributed by atoms with Gasteiger partial charge in [-0.25, -0.2) is 4.39 Å². The van der Waals surface area contributed by atoms with Crippen molar-refractivity contribution in [1.82, 2.24) is 4.90 Å². The molecule has 1 amide bonds. The number of rotatable bonds is 7. The molecule has 2 aromatic rings. The standard InChI is InChI=1S/C20H24FNO4/c1-13(15-6-8-16(21)9-7-15)22(2)19(23)12-14-10-17(24-3)20(26-5)18(11-14)25-4/h6-11,13H,12H2,1-5H3. The number of carbonyl (C=O) groups is 1. The quantitative estimate of drug-likeness (QED) is 0.756. The lowest BCUT2D eigenvalue weighted by molar-refractivity contribution is -0.131. The summed E-state index contributed by atoms with van der Waals surface area (Å²) in [7, 11) is 6.33. The van der Waals surface area contributed by atoms with Crippen LogP contribution in [-0.2, 0) is 11.2 Å². The second-order valence-electron chi connectivity index (χ2n) is 5.94. The van der Waals surface area contributed by atoms with Crippen molar-refractivity contribution in [3.8, 4) is 17.2 Å². The van der Waals surface area contributed by atoms with Gasteiger partial charge in [0.1, 0.15) is 5.82 Å². The van der Waals surface area contributed by atoms with E-state index < -0.39 is 0 Å². The lowest BCUT2D eigenvalue weighted by Crippen LogP contribution is -2.31. The van der Waals surface area contributed by atoms with Crippen LogP contribution < -0.4 is 14.2 Å². The van der Waals surface area contributed by atoms with E-state index in [1.54, 1.807) is 36.2 Å². The number of nitrogens with zero attached hydrogens (tertiary/aromatic N) is 1. The molecule has 0 radical (unpaired) electrons. The highest BCUT2D eigenvalue weighted by Crippen LogP contribution is 2.38. The van der Waals surface area contributed by atoms with Crippen molar-refractivity contribution in [2.24, 2.45) is 0 Å². The number of benzene rings is 2. The predicted molar refractivity (Wildman–Crippen MR) is 97.4 cm³/mol. The Kier molecular flexibility index (Phi) is 6.44. The minimum atomic E-state index is -0.299. The Labute approximate surface area is 153 Å². The zero-order chi connectivity index (χ0) is 19.3. The number of methoxy groups -OCH3 is 3. The third kappa shape index (κ3) is 4.25. The Morgan fingerprint density at radius 3 is 2.04 bits per heavy atom. The van der Waals surface area contributed by atoms with Crippen molar-refractivity contribution >= 4 is 5.91 Å². The highest BCUT2D eigenvalue weighted by molar-refractivity contribution is 5.79. The summed E-state index contributed by atoms with van der Waals surface area (Å²) >= 11 is 0. The maximum Gasteiger partial charge on any atom is 0.227 e. The molecule has 140 valence electrons. The number of amides is 1. The minimum absolute atomic E-state index is 0.0731. The highest BCUT2D eigenvalue weighted by atomic mass is 19.1. The number of hydrogen-bond donors (Lipinski definition) is 0. The van der Waals surface area contributed by atoms with E-state index in [1.807, 2.05) is 6.92 Å². The van der Waals surface area contributed by atoms with Crippen molar-refractivity contribution in [2.75, 3.05) is 28.4 Å². The Morgan fingerprint density at radius 1 is 1.04 bits per heavy atom. The molecule has 0 saturated heterocycles. The van der Waals surface area contributed by atoms with Gasteiger partial charge >= 0.3 is 0 Å². The summed E-state index contributed by atoms with van der Waals surface area (Å²) in [5.41, 5.74) is 1.62. The van der Waals surface area contributed by atoms with Crippen molar-refractivity contribution in [3.63, 3.8) is 0 Å². The minimum Gasteiger partial charge on any atom is -0.493 e. The summed E-state index contributed by atoms with van der Waals surface area (Å²) in [5, 5.41) is 0. The van der Waals surface area contributed by atoms with Crippen LogP contribution in [-0.4, -0.2) is 39.2 Å². The van der Waals surface area contributed by atoms with E-state index >= 15 is 0 Å². The average Bonchev–Trinajstić information content (AvgIpc) is 2.66.